The van der Waals surface area contributed by atoms with Crippen molar-refractivity contribution in [3.8, 4) is 11.5 Å². The number of hydrogen-bond donors (Lipinski definition) is 4. The number of aliphatic imine (C=N–C) groups is 1. The number of carbonyl (C=O) groups is 1. The number of hydrogen-bond acceptors (Lipinski definition) is 5. The molecule has 8 nitrogen and oxygen atoms in total. The highest BCUT2D eigenvalue weighted by Crippen LogP contribution is 2.34. The molecule has 0 aliphatic rings. The molecule has 0 unspecified atom stereocenters. The van der Waals surface area contributed by atoms with Gasteiger partial charge in [-0.3, -0.25) is 20.1 Å². The Bertz CT molecular complexity index is 998. The first kappa shape index (κ1) is 17.7. The van der Waals surface area contributed by atoms with Crippen molar-refractivity contribution in [2.45, 2.75) is 6.54 Å². The average molecular weight is 373 g/mol. The molecule has 6 N–H and O–H groups in total. The van der Waals surface area contributed by atoms with Crippen molar-refractivity contribution in [1.29, 1.82) is 0 Å². The summed E-state index contributed by atoms with van der Waals surface area (Å²) in [7, 11) is 1.48. The van der Waals surface area contributed by atoms with Crippen molar-refractivity contribution < 1.29 is 9.53 Å². The second-order valence-electron chi connectivity index (χ2n) is 5.42. The summed E-state index contributed by atoms with van der Waals surface area (Å²) >= 11 is 6.25. The second-order valence-corrected chi connectivity index (χ2v) is 5.82. The number of nitrogens with two attached hydrogens (primary N) is 2. The summed E-state index contributed by atoms with van der Waals surface area (Å²) in [5.74, 6) is 0.607. The number of rotatable bonds is 4. The van der Waals surface area contributed by atoms with E-state index in [-0.39, 0.29) is 11.7 Å². The van der Waals surface area contributed by atoms with E-state index in [0.29, 0.717) is 34.0 Å². The summed E-state index contributed by atoms with van der Waals surface area (Å²) in [6.45, 7) is 0.355. The van der Waals surface area contributed by atoms with Crippen LogP contribution >= 0.6 is 11.6 Å². The van der Waals surface area contributed by atoms with Gasteiger partial charge in [0.05, 0.1) is 16.7 Å². The minimum atomic E-state index is -0.432. The van der Waals surface area contributed by atoms with Gasteiger partial charge in [0.2, 0.25) is 0 Å². The molecular weight excluding hydrogens is 356 g/mol. The Balaban J connectivity index is 1.98. The van der Waals surface area contributed by atoms with Crippen molar-refractivity contribution in [2.24, 2.45) is 16.5 Å². The molecule has 0 aliphatic heterocycles. The summed E-state index contributed by atoms with van der Waals surface area (Å²) in [4.78, 5) is 23.0. The number of aromatic amines is 1. The quantitative estimate of drug-likeness (QED) is 0.411. The van der Waals surface area contributed by atoms with E-state index in [1.165, 1.54) is 7.05 Å². The number of pyridine rings is 1. The number of nitrogens with one attached hydrogen (secondary N) is 2. The van der Waals surface area contributed by atoms with Gasteiger partial charge < -0.3 is 21.2 Å². The molecule has 0 spiro atoms. The minimum absolute atomic E-state index is 0.0147. The van der Waals surface area contributed by atoms with Gasteiger partial charge in [-0.05, 0) is 29.8 Å². The number of ether oxygens (including phenoxy) is 1. The van der Waals surface area contributed by atoms with Gasteiger partial charge in [-0.25, -0.2) is 0 Å². The lowest BCUT2D eigenvalue weighted by atomic mass is 10.2. The van der Waals surface area contributed by atoms with Crippen molar-refractivity contribution in [1.82, 2.24) is 15.3 Å². The van der Waals surface area contributed by atoms with Gasteiger partial charge in [-0.1, -0.05) is 11.6 Å². The highest BCUT2D eigenvalue weighted by atomic mass is 35.5. The fourth-order valence-electron chi connectivity index (χ4n) is 2.36. The number of nitrogens with zero attached hydrogens (tertiary/aromatic N) is 2. The van der Waals surface area contributed by atoms with Crippen LogP contribution in [0.25, 0.3) is 10.9 Å². The standard InChI is InChI=1S/C17H17ClN6O2/c1-21-17(20)24-16(25)13-5-11-12(18)2-3-14(15(11)23-13)26-10-4-9(6-19)7-22-8-10/h2-5,7-8,23H,6,19H2,1H3,(H3,20,21,24,25). The number of aromatic nitrogens is 2. The SMILES string of the molecule is CN=C(N)NC(=O)c1cc2c(Cl)ccc(Oc3cncc(CN)c3)c2[nH]1. The van der Waals surface area contributed by atoms with Gasteiger partial charge in [0, 0.05) is 25.2 Å². The van der Waals surface area contributed by atoms with Gasteiger partial charge in [0.15, 0.2) is 11.7 Å². The largest absolute Gasteiger partial charge is 0.454 e. The number of carbonyl (C=O) groups excluding carboxylic acids is 1. The van der Waals surface area contributed by atoms with Crippen molar-refractivity contribution in [2.75, 3.05) is 7.05 Å². The zero-order chi connectivity index (χ0) is 18.7. The summed E-state index contributed by atoms with van der Waals surface area (Å²) in [6.07, 6.45) is 3.25. The normalized spacial score (nSPS) is 11.6. The molecule has 9 heteroatoms. The average Bonchev–Trinajstić information content (AvgIpc) is 3.11. The van der Waals surface area contributed by atoms with Gasteiger partial charge in [0.1, 0.15) is 11.4 Å². The molecule has 0 aliphatic carbocycles. The van der Waals surface area contributed by atoms with Crippen LogP contribution < -0.4 is 21.5 Å². The predicted octanol–water partition coefficient (Wildman–Crippen LogP) is 2.14. The summed E-state index contributed by atoms with van der Waals surface area (Å²) in [5, 5.41) is 3.58. The topological polar surface area (TPSA) is 131 Å². The number of guanidine groups is 1. The van der Waals surface area contributed by atoms with Crippen LogP contribution in [0.2, 0.25) is 5.02 Å². The lowest BCUT2D eigenvalue weighted by Gasteiger charge is -2.08. The van der Waals surface area contributed by atoms with Crippen LogP contribution in [0.1, 0.15) is 16.1 Å². The highest BCUT2D eigenvalue weighted by molar-refractivity contribution is 6.36. The Morgan fingerprint density at radius 3 is 2.92 bits per heavy atom. The Morgan fingerprint density at radius 2 is 2.19 bits per heavy atom. The maximum absolute atomic E-state index is 12.2. The van der Waals surface area contributed by atoms with Crippen molar-refractivity contribution in [3.05, 3.63) is 52.9 Å². The van der Waals surface area contributed by atoms with Crippen LogP contribution in [0.4, 0.5) is 0 Å². The molecule has 26 heavy (non-hydrogen) atoms. The van der Waals surface area contributed by atoms with Crippen LogP contribution in [-0.4, -0.2) is 28.9 Å². The van der Waals surface area contributed by atoms with Gasteiger partial charge >= 0.3 is 0 Å². The molecule has 0 atom stereocenters. The zero-order valence-electron chi connectivity index (χ0n) is 13.9. The molecule has 1 aromatic carbocycles. The van der Waals surface area contributed by atoms with Crippen molar-refractivity contribution in [3.63, 3.8) is 0 Å². The van der Waals surface area contributed by atoms with Gasteiger partial charge in [-0.15, -0.1) is 0 Å². The van der Waals surface area contributed by atoms with E-state index in [4.69, 9.17) is 27.8 Å². The van der Waals surface area contributed by atoms with Crippen LogP contribution in [0.3, 0.4) is 0 Å². The Morgan fingerprint density at radius 1 is 1.38 bits per heavy atom. The van der Waals surface area contributed by atoms with E-state index in [9.17, 15) is 4.79 Å². The molecule has 2 aromatic heterocycles. The molecule has 2 heterocycles. The van der Waals surface area contributed by atoms with Crippen LogP contribution in [-0.2, 0) is 6.54 Å². The number of amides is 1. The van der Waals surface area contributed by atoms with Gasteiger partial charge in [0.25, 0.3) is 5.91 Å². The number of benzene rings is 1. The first-order chi connectivity index (χ1) is 12.5. The molecule has 3 rings (SSSR count). The Labute approximate surface area is 154 Å². The monoisotopic (exact) mass is 372 g/mol. The van der Waals surface area contributed by atoms with E-state index in [0.717, 1.165) is 5.56 Å². The van der Waals surface area contributed by atoms with Gasteiger partial charge in [-0.2, -0.15) is 0 Å². The molecule has 0 saturated heterocycles. The lowest BCUT2D eigenvalue weighted by molar-refractivity contribution is 0.0972. The molecule has 1 amide bonds. The molecule has 134 valence electrons. The van der Waals surface area contributed by atoms with E-state index in [1.807, 2.05) is 0 Å². The van der Waals surface area contributed by atoms with E-state index in [1.54, 1.807) is 36.7 Å². The van der Waals surface area contributed by atoms with E-state index >= 15 is 0 Å². The van der Waals surface area contributed by atoms with Crippen LogP contribution in [0.15, 0.2) is 41.7 Å². The van der Waals surface area contributed by atoms with Crippen LogP contribution in [0.5, 0.6) is 11.5 Å². The molecule has 0 radical (unpaired) electrons. The lowest BCUT2D eigenvalue weighted by Crippen LogP contribution is -2.36. The third kappa shape index (κ3) is 3.61. The van der Waals surface area contributed by atoms with E-state index < -0.39 is 5.91 Å². The fourth-order valence-corrected chi connectivity index (χ4v) is 2.58. The number of halogens is 1. The molecule has 0 fully saturated rings. The maximum atomic E-state index is 12.2. The molecule has 0 bridgehead atoms. The summed E-state index contributed by atoms with van der Waals surface area (Å²) in [5.41, 5.74) is 12.9. The first-order valence-corrected chi connectivity index (χ1v) is 8.06. The molecular formula is C17H17ClN6O2. The highest BCUT2D eigenvalue weighted by Gasteiger charge is 2.15. The maximum Gasteiger partial charge on any atom is 0.274 e. The first-order valence-electron chi connectivity index (χ1n) is 7.68. The summed E-state index contributed by atoms with van der Waals surface area (Å²) < 4.78 is 5.90. The molecule has 0 saturated carbocycles. The Hall–Kier alpha value is -3.10. The van der Waals surface area contributed by atoms with Crippen LogP contribution in [0, 0.1) is 0 Å². The van der Waals surface area contributed by atoms with E-state index in [2.05, 4.69) is 20.3 Å². The zero-order valence-corrected chi connectivity index (χ0v) is 14.7. The second kappa shape index (κ2) is 7.42. The number of H-pyrrole nitrogens is 1. The number of fused-ring (bicyclic) bond motifs is 1. The third-order valence-corrected chi connectivity index (χ3v) is 3.99. The Kier molecular flexibility index (Phi) is 5.06. The summed E-state index contributed by atoms with van der Waals surface area (Å²) in [6, 6.07) is 6.82. The fraction of sp³-hybridized carbons (Fsp3) is 0.118. The van der Waals surface area contributed by atoms with Crippen molar-refractivity contribution >= 4 is 34.4 Å². The predicted molar refractivity (Wildman–Crippen MR) is 101 cm³/mol. The smallest absolute Gasteiger partial charge is 0.274 e. The third-order valence-electron chi connectivity index (χ3n) is 3.66. The molecule has 3 aromatic rings. The minimum Gasteiger partial charge on any atom is -0.454 e.